The summed E-state index contributed by atoms with van der Waals surface area (Å²) in [5.74, 6) is -7.60. The van der Waals surface area contributed by atoms with E-state index in [0.717, 1.165) is 18.2 Å². The molecule has 10 heteroatoms. The van der Waals surface area contributed by atoms with E-state index in [9.17, 15) is 8.42 Å². The van der Waals surface area contributed by atoms with Crippen LogP contribution in [0.5, 0.6) is 11.5 Å². The van der Waals surface area contributed by atoms with E-state index in [0.29, 0.717) is 0 Å². The van der Waals surface area contributed by atoms with E-state index in [4.69, 9.17) is 31.1 Å². The van der Waals surface area contributed by atoms with Gasteiger partial charge in [0.1, 0.15) is 0 Å². The Morgan fingerprint density at radius 1 is 1.00 bits per heavy atom. The van der Waals surface area contributed by atoms with E-state index in [2.05, 4.69) is 9.47 Å². The highest BCUT2D eigenvalue weighted by Crippen LogP contribution is 2.40. The summed E-state index contributed by atoms with van der Waals surface area (Å²) < 4.78 is 31.0. The van der Waals surface area contributed by atoms with E-state index in [1.165, 1.54) is 0 Å². The first-order valence-corrected chi connectivity index (χ1v) is 6.70. The largest absolute Gasteiger partial charge is 0.428 e. The van der Waals surface area contributed by atoms with Gasteiger partial charge in [-0.25, -0.2) is 8.42 Å². The quantitative estimate of drug-likeness (QED) is 0.370. The second-order valence-electron chi connectivity index (χ2n) is 3.47. The average molecular weight is 299 g/mol. The molecule has 1 aromatic rings. The lowest BCUT2D eigenvalue weighted by Crippen LogP contribution is -2.63. The van der Waals surface area contributed by atoms with Crippen LogP contribution in [-0.4, -0.2) is 40.8 Å². The molecule has 0 bridgehead atoms. The second-order valence-corrected chi connectivity index (χ2v) is 6.03. The van der Waals surface area contributed by atoms with Gasteiger partial charge in [-0.3, -0.25) is 0 Å². The van der Waals surface area contributed by atoms with E-state index in [1.807, 2.05) is 0 Å². The smallest absolute Gasteiger partial charge is 0.422 e. The number of aliphatic hydroxyl groups is 4. The monoisotopic (exact) mass is 298 g/mol. The van der Waals surface area contributed by atoms with Gasteiger partial charge in [-0.1, -0.05) is 0 Å². The lowest BCUT2D eigenvalue weighted by Gasteiger charge is -2.37. The minimum absolute atomic E-state index is 0.303. The Morgan fingerprint density at radius 3 is 2.00 bits per heavy atom. The van der Waals surface area contributed by atoms with Gasteiger partial charge in [0, 0.05) is 16.7 Å². The Hall–Kier alpha value is -1.10. The van der Waals surface area contributed by atoms with Crippen molar-refractivity contribution < 1.29 is 38.3 Å². The van der Waals surface area contributed by atoms with E-state index >= 15 is 0 Å². The molecule has 0 atom stereocenters. The maximum atomic E-state index is 11.1. The van der Waals surface area contributed by atoms with Crippen molar-refractivity contribution in [1.29, 1.82) is 0 Å². The van der Waals surface area contributed by atoms with Crippen molar-refractivity contribution in [3.63, 3.8) is 0 Å². The number of hydrogen-bond acceptors (Lipinski definition) is 8. The third-order valence-electron chi connectivity index (χ3n) is 2.13. The first-order valence-electron chi connectivity index (χ1n) is 4.39. The summed E-state index contributed by atoms with van der Waals surface area (Å²) in [7, 11) is 1.03. The summed E-state index contributed by atoms with van der Waals surface area (Å²) >= 11 is 0. The Bertz CT molecular complexity index is 593. The summed E-state index contributed by atoms with van der Waals surface area (Å²) in [6.45, 7) is 0. The number of ether oxygens (including phenoxy) is 2. The summed E-state index contributed by atoms with van der Waals surface area (Å²) in [4.78, 5) is -0.384. The SMILES string of the molecule is O=S(=O)(Cl)c1ccc2c(c1)OC(O)(O)C(O)(O)O2. The van der Waals surface area contributed by atoms with Gasteiger partial charge in [0.2, 0.25) is 0 Å². The lowest BCUT2D eigenvalue weighted by molar-refractivity contribution is -0.500. The van der Waals surface area contributed by atoms with Gasteiger partial charge in [-0.2, -0.15) is 0 Å². The van der Waals surface area contributed by atoms with Gasteiger partial charge in [-0.15, -0.1) is 0 Å². The minimum Gasteiger partial charge on any atom is -0.428 e. The molecule has 0 radical (unpaired) electrons. The predicted octanol–water partition coefficient (Wildman–Crippen LogP) is -1.34. The minimum atomic E-state index is -4.05. The van der Waals surface area contributed by atoms with Crippen molar-refractivity contribution in [1.82, 2.24) is 0 Å². The van der Waals surface area contributed by atoms with Crippen LogP contribution in [-0.2, 0) is 9.05 Å². The predicted molar refractivity (Wildman–Crippen MR) is 55.1 cm³/mol. The first-order chi connectivity index (χ1) is 8.03. The van der Waals surface area contributed by atoms with E-state index in [-0.39, 0.29) is 10.6 Å². The molecule has 0 spiro atoms. The van der Waals surface area contributed by atoms with Crippen LogP contribution in [0.15, 0.2) is 23.1 Å². The number of halogens is 1. The van der Waals surface area contributed by atoms with Gasteiger partial charge in [-0.05, 0) is 12.1 Å². The molecule has 0 saturated carbocycles. The first kappa shape index (κ1) is 13.3. The van der Waals surface area contributed by atoms with Gasteiger partial charge < -0.3 is 29.9 Å². The molecule has 18 heavy (non-hydrogen) atoms. The molecule has 100 valence electrons. The number of benzene rings is 1. The molecule has 0 aromatic heterocycles. The number of rotatable bonds is 1. The highest BCUT2D eigenvalue weighted by Gasteiger charge is 2.57. The second kappa shape index (κ2) is 3.70. The number of fused-ring (bicyclic) bond motifs is 1. The molecule has 4 N–H and O–H groups in total. The molecule has 0 aliphatic carbocycles. The summed E-state index contributed by atoms with van der Waals surface area (Å²) in [5.41, 5.74) is 0. The van der Waals surface area contributed by atoms with Gasteiger partial charge in [0.05, 0.1) is 4.90 Å². The van der Waals surface area contributed by atoms with Crippen molar-refractivity contribution >= 4 is 19.7 Å². The normalized spacial score (nSPS) is 20.5. The Morgan fingerprint density at radius 2 is 1.50 bits per heavy atom. The fraction of sp³-hybridized carbons (Fsp3) is 0.250. The zero-order valence-corrected chi connectivity index (χ0v) is 10.0. The van der Waals surface area contributed by atoms with Crippen LogP contribution in [0.2, 0.25) is 0 Å². The highest BCUT2D eigenvalue weighted by molar-refractivity contribution is 8.13. The van der Waals surface area contributed by atoms with Crippen LogP contribution in [0.4, 0.5) is 0 Å². The maximum Gasteiger partial charge on any atom is 0.422 e. The topological polar surface area (TPSA) is 134 Å². The van der Waals surface area contributed by atoms with Crippen molar-refractivity contribution in [3.05, 3.63) is 18.2 Å². The van der Waals surface area contributed by atoms with Crippen molar-refractivity contribution in [2.45, 2.75) is 16.8 Å². The standard InChI is InChI=1S/C8H7ClO8S/c9-18(14,15)4-1-2-5-6(3-4)17-8(12,13)7(10,11)16-5/h1-3,10-13H. The molecule has 1 aliphatic heterocycles. The molecule has 0 amide bonds. The van der Waals surface area contributed by atoms with Gasteiger partial charge in [0.15, 0.2) is 11.5 Å². The van der Waals surface area contributed by atoms with Crippen LogP contribution in [0.1, 0.15) is 0 Å². The maximum absolute atomic E-state index is 11.1. The zero-order valence-electron chi connectivity index (χ0n) is 8.44. The molecule has 2 rings (SSSR count). The summed E-state index contributed by atoms with van der Waals surface area (Å²) in [5, 5.41) is 36.6. The molecule has 0 fully saturated rings. The molecular weight excluding hydrogens is 292 g/mol. The summed E-state index contributed by atoms with van der Waals surface area (Å²) in [6.07, 6.45) is 0. The van der Waals surface area contributed by atoms with Crippen LogP contribution in [0.25, 0.3) is 0 Å². The van der Waals surface area contributed by atoms with Gasteiger partial charge in [0.25, 0.3) is 9.05 Å². The number of hydrogen-bond donors (Lipinski definition) is 4. The molecule has 1 heterocycles. The molecule has 1 aliphatic rings. The van der Waals surface area contributed by atoms with Crippen LogP contribution in [0, 0.1) is 0 Å². The fourth-order valence-corrected chi connectivity index (χ4v) is 2.01. The van der Waals surface area contributed by atoms with Crippen LogP contribution in [0.3, 0.4) is 0 Å². The van der Waals surface area contributed by atoms with E-state index in [1.54, 1.807) is 0 Å². The van der Waals surface area contributed by atoms with Crippen molar-refractivity contribution in [2.75, 3.05) is 0 Å². The Kier molecular flexibility index (Phi) is 2.74. The van der Waals surface area contributed by atoms with Crippen molar-refractivity contribution in [2.24, 2.45) is 0 Å². The summed E-state index contributed by atoms with van der Waals surface area (Å²) in [6, 6.07) is 2.87. The highest BCUT2D eigenvalue weighted by atomic mass is 35.7. The Balaban J connectivity index is 2.52. The fourth-order valence-electron chi connectivity index (χ4n) is 1.24. The molecule has 1 aromatic carbocycles. The molecule has 8 nitrogen and oxygen atoms in total. The van der Waals surface area contributed by atoms with Gasteiger partial charge >= 0.3 is 11.9 Å². The third-order valence-corrected chi connectivity index (χ3v) is 3.48. The van der Waals surface area contributed by atoms with Crippen LogP contribution >= 0.6 is 10.7 Å². The molecule has 0 unspecified atom stereocenters. The molecular formula is C8H7ClO8S. The average Bonchev–Trinajstić information content (AvgIpc) is 2.16. The Labute approximate surface area is 105 Å². The van der Waals surface area contributed by atoms with Crippen molar-refractivity contribution in [3.8, 4) is 11.5 Å². The lowest BCUT2D eigenvalue weighted by atomic mass is 10.3. The third kappa shape index (κ3) is 2.11. The zero-order chi connectivity index (χ0) is 13.8. The van der Waals surface area contributed by atoms with Crippen LogP contribution < -0.4 is 9.47 Å². The van der Waals surface area contributed by atoms with E-state index < -0.39 is 26.7 Å². The molecule has 0 saturated heterocycles.